The van der Waals surface area contributed by atoms with Crippen molar-refractivity contribution in [1.29, 1.82) is 0 Å². The molecule has 44 heavy (non-hydrogen) atoms. The van der Waals surface area contributed by atoms with Gasteiger partial charge in [-0.15, -0.1) is 13.2 Å². The highest BCUT2D eigenvalue weighted by molar-refractivity contribution is 6.04. The number of hydrogen-bond donors (Lipinski definition) is 2. The maximum atomic E-state index is 14.7. The molecule has 5 aromatic rings. The smallest absolute Gasteiger partial charge is 0.406 e. The van der Waals surface area contributed by atoms with Gasteiger partial charge in [0.15, 0.2) is 0 Å². The van der Waals surface area contributed by atoms with Gasteiger partial charge in [0.2, 0.25) is 0 Å². The van der Waals surface area contributed by atoms with E-state index < -0.39 is 35.3 Å². The molecule has 2 aromatic heterocycles. The summed E-state index contributed by atoms with van der Waals surface area (Å²) in [6.07, 6.45) is 0.813. The summed E-state index contributed by atoms with van der Waals surface area (Å²) in [5.41, 5.74) is -0.391. The zero-order valence-corrected chi connectivity index (χ0v) is 22.5. The Morgan fingerprint density at radius 1 is 0.909 bits per heavy atom. The van der Waals surface area contributed by atoms with E-state index in [9.17, 15) is 31.9 Å². The fourth-order valence-corrected chi connectivity index (χ4v) is 4.24. The van der Waals surface area contributed by atoms with Crippen molar-refractivity contribution in [2.75, 3.05) is 5.32 Å². The van der Waals surface area contributed by atoms with Crippen molar-refractivity contribution in [3.63, 3.8) is 0 Å². The van der Waals surface area contributed by atoms with E-state index >= 15 is 0 Å². The predicted octanol–water partition coefficient (Wildman–Crippen LogP) is 4.89. The van der Waals surface area contributed by atoms with Gasteiger partial charge in [-0.3, -0.25) is 9.48 Å². The molecule has 0 aliphatic carbocycles. The molecule has 0 radical (unpaired) electrons. The van der Waals surface area contributed by atoms with E-state index in [1.807, 2.05) is 0 Å². The summed E-state index contributed by atoms with van der Waals surface area (Å²) in [6.45, 7) is -0.396. The fraction of sp³-hybridized carbons (Fsp3) is 0.133. The van der Waals surface area contributed by atoms with Crippen molar-refractivity contribution in [3.05, 3.63) is 126 Å². The van der Waals surface area contributed by atoms with E-state index in [0.717, 1.165) is 18.2 Å². The molecule has 0 saturated carbocycles. The first-order valence-corrected chi connectivity index (χ1v) is 12.8. The van der Waals surface area contributed by atoms with E-state index in [1.54, 1.807) is 18.3 Å². The van der Waals surface area contributed by atoms with Gasteiger partial charge < -0.3 is 15.2 Å². The number of benzene rings is 3. The Balaban J connectivity index is 1.25. The van der Waals surface area contributed by atoms with Gasteiger partial charge in [0.25, 0.3) is 5.91 Å². The summed E-state index contributed by atoms with van der Waals surface area (Å²) < 4.78 is 71.7. The van der Waals surface area contributed by atoms with Gasteiger partial charge in [-0.25, -0.2) is 18.4 Å². The number of hydrogen-bond acceptors (Lipinski definition) is 6. The highest BCUT2D eigenvalue weighted by atomic mass is 19.4. The molecule has 224 valence electrons. The van der Waals surface area contributed by atoms with Crippen LogP contribution in [0.4, 0.5) is 27.6 Å². The molecule has 9 nitrogen and oxygen atoms in total. The number of nitrogens with one attached hydrogen (secondary N) is 1. The second-order valence-electron chi connectivity index (χ2n) is 9.53. The van der Waals surface area contributed by atoms with Crippen LogP contribution in [-0.2, 0) is 18.7 Å². The van der Waals surface area contributed by atoms with Crippen LogP contribution in [0.15, 0.2) is 91.8 Å². The molecule has 0 spiro atoms. The summed E-state index contributed by atoms with van der Waals surface area (Å²) in [4.78, 5) is 16.4. The molecule has 5 rings (SSSR count). The molecule has 0 aliphatic heterocycles. The molecule has 1 amide bonds. The molecule has 2 N–H and O–H groups in total. The maximum absolute atomic E-state index is 14.7. The highest BCUT2D eigenvalue weighted by Crippen LogP contribution is 2.29. The molecule has 1 unspecified atom stereocenters. The lowest BCUT2D eigenvalue weighted by atomic mass is 9.93. The van der Waals surface area contributed by atoms with Gasteiger partial charge in [0.1, 0.15) is 35.6 Å². The van der Waals surface area contributed by atoms with Gasteiger partial charge in [-0.05, 0) is 54.6 Å². The van der Waals surface area contributed by atoms with E-state index in [-0.39, 0.29) is 24.3 Å². The second-order valence-corrected chi connectivity index (χ2v) is 9.53. The van der Waals surface area contributed by atoms with Crippen molar-refractivity contribution in [3.8, 4) is 17.6 Å². The number of amides is 1. The van der Waals surface area contributed by atoms with Gasteiger partial charge >= 0.3 is 6.36 Å². The monoisotopic (exact) mass is 608 g/mol. The zero-order valence-electron chi connectivity index (χ0n) is 22.5. The van der Waals surface area contributed by atoms with Crippen LogP contribution in [-0.4, -0.2) is 41.9 Å². The third-order valence-electron chi connectivity index (χ3n) is 6.22. The Morgan fingerprint density at radius 3 is 2.27 bits per heavy atom. The highest BCUT2D eigenvalue weighted by Gasteiger charge is 2.34. The minimum Gasteiger partial charge on any atom is -0.406 e. The lowest BCUT2D eigenvalue weighted by molar-refractivity contribution is -0.274. The number of rotatable bonds is 8. The van der Waals surface area contributed by atoms with E-state index in [0.29, 0.717) is 22.8 Å². The predicted molar refractivity (Wildman–Crippen MR) is 146 cm³/mol. The number of carbonyl (C=O) groups is 1. The molecule has 0 aliphatic rings. The normalized spacial score (nSPS) is 12.6. The van der Waals surface area contributed by atoms with Crippen LogP contribution in [0.1, 0.15) is 27.0 Å². The van der Waals surface area contributed by atoms with Gasteiger partial charge in [-0.2, -0.15) is 10.2 Å². The minimum absolute atomic E-state index is 0.144. The van der Waals surface area contributed by atoms with Crippen molar-refractivity contribution in [1.82, 2.24) is 24.5 Å². The van der Waals surface area contributed by atoms with E-state index in [1.165, 1.54) is 58.5 Å². The number of nitrogens with zero attached hydrogens (tertiary/aromatic N) is 5. The van der Waals surface area contributed by atoms with Crippen LogP contribution in [0.3, 0.4) is 0 Å². The van der Waals surface area contributed by atoms with Gasteiger partial charge in [0.05, 0.1) is 24.8 Å². The number of halogens is 5. The molecule has 2 heterocycles. The Hall–Kier alpha value is -5.55. The van der Waals surface area contributed by atoms with E-state index in [4.69, 9.17) is 0 Å². The third-order valence-corrected chi connectivity index (χ3v) is 6.22. The number of aromatic nitrogens is 5. The Morgan fingerprint density at radius 2 is 1.61 bits per heavy atom. The topological polar surface area (TPSA) is 107 Å². The van der Waals surface area contributed by atoms with Crippen LogP contribution in [0.25, 0.3) is 0 Å². The maximum Gasteiger partial charge on any atom is 0.573 e. The van der Waals surface area contributed by atoms with Crippen LogP contribution in [0, 0.1) is 23.5 Å². The number of aliphatic hydroxyl groups is 1. The second kappa shape index (κ2) is 12.4. The Labute approximate surface area is 246 Å². The van der Waals surface area contributed by atoms with Crippen LogP contribution >= 0.6 is 0 Å². The minimum atomic E-state index is -4.81. The summed E-state index contributed by atoms with van der Waals surface area (Å²) in [7, 11) is 0. The Kier molecular flexibility index (Phi) is 8.41. The third kappa shape index (κ3) is 7.64. The molecule has 1 atom stereocenters. The Bertz CT molecular complexity index is 1810. The van der Waals surface area contributed by atoms with Crippen LogP contribution < -0.4 is 10.1 Å². The van der Waals surface area contributed by atoms with Gasteiger partial charge in [0, 0.05) is 34.6 Å². The first-order valence-electron chi connectivity index (χ1n) is 12.8. The number of carbonyl (C=O) groups excluding carboxylic acids is 1. The number of ether oxygens (including phenoxy) is 1. The summed E-state index contributed by atoms with van der Waals surface area (Å²) in [5, 5.41) is 22.3. The first-order chi connectivity index (χ1) is 21.0. The molecule has 0 bridgehead atoms. The molecule has 3 aromatic carbocycles. The quantitative estimate of drug-likeness (QED) is 0.192. The summed E-state index contributed by atoms with van der Waals surface area (Å²) in [5.74, 6) is 3.26. The largest absolute Gasteiger partial charge is 0.573 e. The molecule has 0 saturated heterocycles. The molecule has 0 fully saturated rings. The lowest BCUT2D eigenvalue weighted by Gasteiger charge is -2.28. The zero-order chi connectivity index (χ0) is 31.3. The lowest BCUT2D eigenvalue weighted by Crippen LogP contribution is -2.37. The standard InChI is InChI=1S/C30H21F5N6O3/c31-23-7-12-26(27(32)13-23)29(43,17-41-19-36-18-38-41)16-40-15-21(14-37-40)2-1-20-3-5-22(6-4-20)28(42)39-24-8-10-25(11-9-24)44-30(33,34)35/h3-15,18-19,43H,16-17H2,(H,39,42). The SMILES string of the molecule is O=C(Nc1ccc(OC(F)(F)F)cc1)c1ccc(C#Cc2cnn(CC(O)(Cn3cncn3)c3ccc(F)cc3F)c2)cc1. The number of anilines is 1. The number of alkyl halides is 3. The summed E-state index contributed by atoms with van der Waals surface area (Å²) >= 11 is 0. The van der Waals surface area contributed by atoms with Crippen LogP contribution in [0.2, 0.25) is 0 Å². The average molecular weight is 609 g/mol. The molecular formula is C30H21F5N6O3. The van der Waals surface area contributed by atoms with Crippen molar-refractivity contribution in [2.45, 2.75) is 25.1 Å². The molecule has 14 heteroatoms. The molecular weight excluding hydrogens is 587 g/mol. The van der Waals surface area contributed by atoms with Gasteiger partial charge in [-0.1, -0.05) is 17.9 Å². The van der Waals surface area contributed by atoms with E-state index in [2.05, 4.69) is 37.1 Å². The van der Waals surface area contributed by atoms with Crippen LogP contribution in [0.5, 0.6) is 5.75 Å². The van der Waals surface area contributed by atoms with Crippen molar-refractivity contribution >= 4 is 11.6 Å². The average Bonchev–Trinajstić information content (AvgIpc) is 3.64. The summed E-state index contributed by atoms with van der Waals surface area (Å²) in [6, 6.07) is 13.9. The fourth-order valence-electron chi connectivity index (χ4n) is 4.24. The first kappa shape index (κ1) is 29.9. The van der Waals surface area contributed by atoms with Crippen molar-refractivity contribution < 1.29 is 36.6 Å². The van der Waals surface area contributed by atoms with Crippen molar-refractivity contribution in [2.24, 2.45) is 0 Å².